The number of imidazole rings is 1. The highest BCUT2D eigenvalue weighted by molar-refractivity contribution is 5.94. The Kier molecular flexibility index (Phi) is 4.56. The summed E-state index contributed by atoms with van der Waals surface area (Å²) in [5, 5.41) is 16.4. The monoisotopic (exact) mass is 391 g/mol. The number of aromatic nitrogens is 6. The zero-order valence-electron chi connectivity index (χ0n) is 15.9. The zero-order chi connectivity index (χ0) is 20.5. The van der Waals surface area contributed by atoms with Crippen molar-refractivity contribution >= 4 is 22.7 Å². The van der Waals surface area contributed by atoms with Crippen molar-refractivity contribution in [2.75, 3.05) is 17.6 Å². The Morgan fingerprint density at radius 1 is 1.38 bits per heavy atom. The molecule has 4 rings (SSSR count). The lowest BCUT2D eigenvalue weighted by Gasteiger charge is -2.06. The summed E-state index contributed by atoms with van der Waals surface area (Å²) in [7, 11) is 1.78. The minimum atomic E-state index is -0.327. The summed E-state index contributed by atoms with van der Waals surface area (Å²) in [4.78, 5) is 15.7. The Morgan fingerprint density at radius 3 is 2.93 bits per heavy atom. The van der Waals surface area contributed by atoms with Crippen LogP contribution in [0.5, 0.6) is 0 Å². The largest absolute Gasteiger partial charge is 0.382 e. The molecule has 0 atom stereocenters. The third-order valence-electron chi connectivity index (χ3n) is 4.59. The van der Waals surface area contributed by atoms with Gasteiger partial charge in [-0.15, -0.1) is 0 Å². The van der Waals surface area contributed by atoms with E-state index in [0.29, 0.717) is 46.8 Å². The van der Waals surface area contributed by atoms with Gasteiger partial charge in [-0.25, -0.2) is 19.3 Å². The lowest BCUT2D eigenvalue weighted by atomic mass is 10.0. The van der Waals surface area contributed by atoms with Crippen LogP contribution in [-0.2, 0) is 13.5 Å². The van der Waals surface area contributed by atoms with Crippen LogP contribution in [0.4, 0.5) is 16.0 Å². The third kappa shape index (κ3) is 3.34. The number of nitrogens with zero attached hydrogens (tertiary/aromatic N) is 6. The average Bonchev–Trinajstić information content (AvgIpc) is 3.29. The van der Waals surface area contributed by atoms with Gasteiger partial charge >= 0.3 is 0 Å². The van der Waals surface area contributed by atoms with Crippen LogP contribution in [-0.4, -0.2) is 36.3 Å². The Morgan fingerprint density at radius 2 is 2.21 bits per heavy atom. The molecule has 0 aliphatic rings. The number of aromatic amines is 1. The van der Waals surface area contributed by atoms with E-state index in [1.807, 2.05) is 13.0 Å². The summed E-state index contributed by atoms with van der Waals surface area (Å²) in [6.07, 6.45) is 5.19. The maximum atomic E-state index is 14.7. The summed E-state index contributed by atoms with van der Waals surface area (Å²) >= 11 is 0. The fraction of sp³-hybridized carbons (Fsp3) is 0.211. The SMILES string of the molecule is Cc1cc(F)c(-c2cnn(C)c2)c2[nH]c(CCNc3ncnc(N)c3C#N)nc12. The maximum absolute atomic E-state index is 14.7. The molecule has 0 spiro atoms. The molecule has 1 aromatic carbocycles. The Hall–Kier alpha value is -4.00. The van der Waals surface area contributed by atoms with Crippen molar-refractivity contribution in [1.29, 1.82) is 5.26 Å². The summed E-state index contributed by atoms with van der Waals surface area (Å²) < 4.78 is 16.4. The number of hydrogen-bond acceptors (Lipinski definition) is 7. The molecule has 0 saturated carbocycles. The van der Waals surface area contributed by atoms with Gasteiger partial charge in [0.1, 0.15) is 41.2 Å². The van der Waals surface area contributed by atoms with Crippen molar-refractivity contribution in [3.05, 3.63) is 47.6 Å². The Labute approximate surface area is 165 Å². The summed E-state index contributed by atoms with van der Waals surface area (Å²) in [5.41, 5.74) is 9.11. The molecule has 9 nitrogen and oxygen atoms in total. The second-order valence-electron chi connectivity index (χ2n) is 6.63. The van der Waals surface area contributed by atoms with E-state index in [2.05, 4.69) is 30.4 Å². The predicted molar refractivity (Wildman–Crippen MR) is 106 cm³/mol. The van der Waals surface area contributed by atoms with Gasteiger partial charge in [-0.05, 0) is 18.6 Å². The lowest BCUT2D eigenvalue weighted by Crippen LogP contribution is -2.10. The Bertz CT molecular complexity index is 1250. The highest BCUT2D eigenvalue weighted by Crippen LogP contribution is 2.32. The van der Waals surface area contributed by atoms with Gasteiger partial charge < -0.3 is 16.0 Å². The van der Waals surface area contributed by atoms with Crippen molar-refractivity contribution in [2.45, 2.75) is 13.3 Å². The fourth-order valence-corrected chi connectivity index (χ4v) is 3.23. The topological polar surface area (TPSA) is 134 Å². The van der Waals surface area contributed by atoms with Crippen LogP contribution >= 0.6 is 0 Å². The van der Waals surface area contributed by atoms with Gasteiger partial charge in [0.05, 0.1) is 17.2 Å². The molecule has 0 unspecified atom stereocenters. The fourth-order valence-electron chi connectivity index (χ4n) is 3.23. The number of halogens is 1. The minimum Gasteiger partial charge on any atom is -0.382 e. The summed E-state index contributed by atoms with van der Waals surface area (Å²) in [6, 6.07) is 3.47. The van der Waals surface area contributed by atoms with Gasteiger partial charge in [-0.2, -0.15) is 10.4 Å². The van der Waals surface area contributed by atoms with Crippen LogP contribution in [0.2, 0.25) is 0 Å². The molecule has 0 fully saturated rings. The molecule has 3 heterocycles. The van der Waals surface area contributed by atoms with Crippen LogP contribution in [0.25, 0.3) is 22.2 Å². The molecule has 0 saturated heterocycles. The predicted octanol–water partition coefficient (Wildman–Crippen LogP) is 2.31. The standard InChI is InChI=1S/C19H18FN9/c1-10-5-13(20)15(11-7-26-29(2)8-11)17-16(10)27-14(28-17)3-4-23-19-12(6-21)18(22)24-9-25-19/h5,7-9H,3-4H2,1-2H3,(H,27,28)(H3,22,23,24,25). The van der Waals surface area contributed by atoms with E-state index in [-0.39, 0.29) is 17.2 Å². The van der Waals surface area contributed by atoms with Crippen LogP contribution in [0, 0.1) is 24.1 Å². The van der Waals surface area contributed by atoms with Gasteiger partial charge in [0.25, 0.3) is 0 Å². The van der Waals surface area contributed by atoms with E-state index in [9.17, 15) is 9.65 Å². The number of aryl methyl sites for hydroxylation is 2. The number of fused-ring (bicyclic) bond motifs is 1. The van der Waals surface area contributed by atoms with Gasteiger partial charge in [-0.1, -0.05) is 0 Å². The molecule has 4 N–H and O–H groups in total. The van der Waals surface area contributed by atoms with E-state index < -0.39 is 0 Å². The number of nitrogens with one attached hydrogen (secondary N) is 2. The van der Waals surface area contributed by atoms with Gasteiger partial charge in [0.2, 0.25) is 0 Å². The van der Waals surface area contributed by atoms with Crippen molar-refractivity contribution in [3.63, 3.8) is 0 Å². The van der Waals surface area contributed by atoms with Gasteiger partial charge in [0, 0.05) is 37.3 Å². The molecule has 0 aliphatic heterocycles. The molecule has 0 aliphatic carbocycles. The second kappa shape index (κ2) is 7.20. The summed E-state index contributed by atoms with van der Waals surface area (Å²) in [6.45, 7) is 2.28. The first-order valence-electron chi connectivity index (χ1n) is 8.89. The van der Waals surface area contributed by atoms with E-state index in [1.165, 1.54) is 12.4 Å². The van der Waals surface area contributed by atoms with Crippen LogP contribution in [0.3, 0.4) is 0 Å². The molecule has 3 aromatic heterocycles. The normalized spacial score (nSPS) is 11.0. The van der Waals surface area contributed by atoms with Crippen molar-refractivity contribution in [3.8, 4) is 17.2 Å². The molecule has 4 aromatic rings. The number of H-pyrrole nitrogens is 1. The van der Waals surface area contributed by atoms with E-state index in [1.54, 1.807) is 24.1 Å². The second-order valence-corrected chi connectivity index (χ2v) is 6.63. The van der Waals surface area contributed by atoms with E-state index in [0.717, 1.165) is 5.56 Å². The number of hydrogen-bond donors (Lipinski definition) is 3. The number of benzene rings is 1. The third-order valence-corrected chi connectivity index (χ3v) is 4.59. The maximum Gasteiger partial charge on any atom is 0.149 e. The number of rotatable bonds is 5. The van der Waals surface area contributed by atoms with Gasteiger partial charge in [0.15, 0.2) is 0 Å². The molecule has 0 radical (unpaired) electrons. The Balaban J connectivity index is 1.62. The number of nitrogen functional groups attached to an aromatic ring is 1. The van der Waals surface area contributed by atoms with Crippen molar-refractivity contribution in [2.24, 2.45) is 7.05 Å². The molecule has 29 heavy (non-hydrogen) atoms. The smallest absolute Gasteiger partial charge is 0.149 e. The van der Waals surface area contributed by atoms with Crippen LogP contribution in [0.15, 0.2) is 24.8 Å². The molecule has 0 bridgehead atoms. The first-order valence-corrected chi connectivity index (χ1v) is 8.89. The number of anilines is 2. The highest BCUT2D eigenvalue weighted by atomic mass is 19.1. The van der Waals surface area contributed by atoms with Crippen LogP contribution < -0.4 is 11.1 Å². The van der Waals surface area contributed by atoms with E-state index >= 15 is 0 Å². The molecule has 0 amide bonds. The van der Waals surface area contributed by atoms with Gasteiger partial charge in [-0.3, -0.25) is 4.68 Å². The van der Waals surface area contributed by atoms with Crippen molar-refractivity contribution < 1.29 is 4.39 Å². The molecular weight excluding hydrogens is 373 g/mol. The summed E-state index contributed by atoms with van der Waals surface area (Å²) in [5.74, 6) is 0.855. The number of nitriles is 1. The highest BCUT2D eigenvalue weighted by Gasteiger charge is 2.17. The lowest BCUT2D eigenvalue weighted by molar-refractivity contribution is 0.631. The zero-order valence-corrected chi connectivity index (χ0v) is 15.9. The minimum absolute atomic E-state index is 0.126. The quantitative estimate of drug-likeness (QED) is 0.475. The molecular formula is C19H18FN9. The first kappa shape index (κ1) is 18.4. The number of nitrogens with two attached hydrogens (primary N) is 1. The molecule has 146 valence electrons. The molecule has 10 heteroatoms. The van der Waals surface area contributed by atoms with Crippen molar-refractivity contribution in [1.82, 2.24) is 29.7 Å². The average molecular weight is 391 g/mol. The van der Waals surface area contributed by atoms with Crippen LogP contribution in [0.1, 0.15) is 17.0 Å². The van der Waals surface area contributed by atoms with E-state index in [4.69, 9.17) is 5.73 Å². The first-order chi connectivity index (χ1) is 14.0.